The van der Waals surface area contributed by atoms with Crippen LogP contribution in [-0.2, 0) is 9.47 Å². The molecule has 146 valence electrons. The molecule has 0 unspecified atom stereocenters. The quantitative estimate of drug-likeness (QED) is 0.500. The summed E-state index contributed by atoms with van der Waals surface area (Å²) in [5.74, 6) is -1.53. The lowest BCUT2D eigenvalue weighted by atomic mass is 10.1. The Labute approximate surface area is 162 Å². The second-order valence-corrected chi connectivity index (χ2v) is 6.53. The number of aromatic amines is 2. The summed E-state index contributed by atoms with van der Waals surface area (Å²) >= 11 is 0. The van der Waals surface area contributed by atoms with Crippen LogP contribution < -0.4 is 0 Å². The number of nitrogens with one attached hydrogen (secondary N) is 2. The lowest BCUT2D eigenvalue weighted by Crippen LogP contribution is -2.25. The fourth-order valence-corrected chi connectivity index (χ4v) is 3.17. The number of hydrogen-bond acceptors (Lipinski definition) is 5. The molecule has 2 aromatic heterocycles. The maximum atomic E-state index is 12.8. The standard InChI is InChI=1S/C21H22N2O5/c1-5-27-21(26)17-11(2)18(22-12(17)3)19(24)13(4)28-20(25)16-10-14-8-6-7-9-15(14)23-16/h6-10,13,22-23H,5H2,1-4H3/t13-/m0/s1. The lowest BCUT2D eigenvalue weighted by molar-refractivity contribution is 0.0312. The monoisotopic (exact) mass is 382 g/mol. The molecule has 0 aliphatic heterocycles. The van der Waals surface area contributed by atoms with Crippen molar-refractivity contribution in [2.45, 2.75) is 33.8 Å². The predicted octanol–water partition coefficient (Wildman–Crippen LogP) is 3.72. The molecule has 3 rings (SSSR count). The summed E-state index contributed by atoms with van der Waals surface area (Å²) in [6, 6.07) is 9.13. The Kier molecular flexibility index (Phi) is 5.35. The highest BCUT2D eigenvalue weighted by molar-refractivity contribution is 6.04. The molecule has 0 fully saturated rings. The molecule has 28 heavy (non-hydrogen) atoms. The summed E-state index contributed by atoms with van der Waals surface area (Å²) in [6.45, 7) is 6.81. The largest absolute Gasteiger partial charge is 0.462 e. The third kappa shape index (κ3) is 3.55. The summed E-state index contributed by atoms with van der Waals surface area (Å²) in [7, 11) is 0. The number of para-hydroxylation sites is 1. The average molecular weight is 382 g/mol. The predicted molar refractivity (Wildman–Crippen MR) is 104 cm³/mol. The minimum absolute atomic E-state index is 0.234. The van der Waals surface area contributed by atoms with E-state index in [0.29, 0.717) is 16.8 Å². The summed E-state index contributed by atoms with van der Waals surface area (Å²) in [4.78, 5) is 43.2. The third-order valence-corrected chi connectivity index (χ3v) is 4.57. The Morgan fingerprint density at radius 2 is 1.79 bits per heavy atom. The fraction of sp³-hybridized carbons (Fsp3) is 0.286. The number of aryl methyl sites for hydroxylation is 1. The zero-order chi connectivity index (χ0) is 20.4. The number of Topliss-reactive ketones (excluding diaryl/α,β-unsaturated/α-hetero) is 1. The van der Waals surface area contributed by atoms with Gasteiger partial charge in [0.2, 0.25) is 5.78 Å². The average Bonchev–Trinajstić information content (AvgIpc) is 3.22. The minimum Gasteiger partial charge on any atom is -0.462 e. The van der Waals surface area contributed by atoms with Crippen LogP contribution in [0.3, 0.4) is 0 Å². The van der Waals surface area contributed by atoms with Gasteiger partial charge >= 0.3 is 11.9 Å². The van der Waals surface area contributed by atoms with E-state index in [1.807, 2.05) is 24.3 Å². The highest BCUT2D eigenvalue weighted by atomic mass is 16.5. The van der Waals surface area contributed by atoms with Gasteiger partial charge in [-0.2, -0.15) is 0 Å². The maximum Gasteiger partial charge on any atom is 0.355 e. The zero-order valence-corrected chi connectivity index (χ0v) is 16.2. The first kappa shape index (κ1) is 19.4. The van der Waals surface area contributed by atoms with Gasteiger partial charge in [-0.05, 0) is 45.4 Å². The van der Waals surface area contributed by atoms with E-state index in [2.05, 4.69) is 9.97 Å². The molecule has 7 nitrogen and oxygen atoms in total. The molecule has 0 aliphatic carbocycles. The number of carbonyl (C=O) groups is 3. The van der Waals surface area contributed by atoms with Crippen LogP contribution in [0, 0.1) is 13.8 Å². The molecule has 0 bridgehead atoms. The van der Waals surface area contributed by atoms with Crippen molar-refractivity contribution in [3.8, 4) is 0 Å². The van der Waals surface area contributed by atoms with Crippen LogP contribution in [0.5, 0.6) is 0 Å². The molecular weight excluding hydrogens is 360 g/mol. The molecule has 1 atom stereocenters. The van der Waals surface area contributed by atoms with Crippen molar-refractivity contribution in [3.63, 3.8) is 0 Å². The van der Waals surface area contributed by atoms with Crippen molar-refractivity contribution in [1.82, 2.24) is 9.97 Å². The Hall–Kier alpha value is -3.35. The van der Waals surface area contributed by atoms with Gasteiger partial charge in [-0.15, -0.1) is 0 Å². The van der Waals surface area contributed by atoms with Gasteiger partial charge in [0.05, 0.1) is 17.9 Å². The van der Waals surface area contributed by atoms with E-state index in [0.717, 1.165) is 10.9 Å². The van der Waals surface area contributed by atoms with E-state index < -0.39 is 23.8 Å². The molecule has 3 aromatic rings. The van der Waals surface area contributed by atoms with Gasteiger partial charge in [0.15, 0.2) is 6.10 Å². The molecule has 0 spiro atoms. The van der Waals surface area contributed by atoms with Gasteiger partial charge in [-0.25, -0.2) is 9.59 Å². The molecule has 0 saturated carbocycles. The molecule has 1 aromatic carbocycles. The number of benzene rings is 1. The fourth-order valence-electron chi connectivity index (χ4n) is 3.17. The molecule has 2 N–H and O–H groups in total. The van der Waals surface area contributed by atoms with E-state index in [-0.39, 0.29) is 18.0 Å². The highest BCUT2D eigenvalue weighted by Crippen LogP contribution is 2.22. The molecule has 0 saturated heterocycles. The topological polar surface area (TPSA) is 101 Å². The number of carbonyl (C=O) groups excluding carboxylic acids is 3. The van der Waals surface area contributed by atoms with Crippen molar-refractivity contribution in [1.29, 1.82) is 0 Å². The Bertz CT molecular complexity index is 1030. The van der Waals surface area contributed by atoms with Crippen LogP contribution in [-0.4, -0.2) is 40.4 Å². The first-order valence-electron chi connectivity index (χ1n) is 9.02. The maximum absolute atomic E-state index is 12.8. The summed E-state index contributed by atoms with van der Waals surface area (Å²) in [6.07, 6.45) is -1.02. The molecule has 2 heterocycles. The molecule has 0 radical (unpaired) electrons. The third-order valence-electron chi connectivity index (χ3n) is 4.57. The first-order valence-corrected chi connectivity index (χ1v) is 9.02. The van der Waals surface area contributed by atoms with E-state index in [4.69, 9.17) is 9.47 Å². The van der Waals surface area contributed by atoms with Gasteiger partial charge in [-0.1, -0.05) is 18.2 Å². The smallest absolute Gasteiger partial charge is 0.355 e. The SMILES string of the molecule is CCOC(=O)c1c(C)[nH]c(C(=O)[C@H](C)OC(=O)c2cc3ccccc3[nH]2)c1C. The first-order chi connectivity index (χ1) is 13.3. The van der Waals surface area contributed by atoms with E-state index in [1.54, 1.807) is 26.8 Å². The number of H-pyrrole nitrogens is 2. The number of esters is 2. The van der Waals surface area contributed by atoms with Crippen LogP contribution in [0.4, 0.5) is 0 Å². The number of rotatable bonds is 6. The van der Waals surface area contributed by atoms with E-state index in [9.17, 15) is 14.4 Å². The molecular formula is C21H22N2O5. The van der Waals surface area contributed by atoms with Gasteiger partial charge < -0.3 is 19.4 Å². The summed E-state index contributed by atoms with van der Waals surface area (Å²) in [5, 5.41) is 0.878. The number of ketones is 1. The molecule has 0 aliphatic rings. The van der Waals surface area contributed by atoms with Gasteiger partial charge in [-0.3, -0.25) is 4.79 Å². The number of fused-ring (bicyclic) bond motifs is 1. The van der Waals surface area contributed by atoms with Crippen molar-refractivity contribution in [2.24, 2.45) is 0 Å². The molecule has 7 heteroatoms. The number of ether oxygens (including phenoxy) is 2. The lowest BCUT2D eigenvalue weighted by Gasteiger charge is -2.11. The Morgan fingerprint density at radius 3 is 2.46 bits per heavy atom. The Morgan fingerprint density at radius 1 is 1.07 bits per heavy atom. The van der Waals surface area contributed by atoms with Gasteiger partial charge in [0, 0.05) is 16.6 Å². The molecule has 0 amide bonds. The van der Waals surface area contributed by atoms with Gasteiger partial charge in [0.25, 0.3) is 0 Å². The summed E-state index contributed by atoms with van der Waals surface area (Å²) < 4.78 is 10.4. The van der Waals surface area contributed by atoms with Gasteiger partial charge in [0.1, 0.15) is 5.69 Å². The second kappa shape index (κ2) is 7.72. The van der Waals surface area contributed by atoms with Crippen molar-refractivity contribution < 1.29 is 23.9 Å². The minimum atomic E-state index is -1.02. The van der Waals surface area contributed by atoms with Crippen LogP contribution in [0.25, 0.3) is 10.9 Å². The normalized spacial score (nSPS) is 12.0. The van der Waals surface area contributed by atoms with Crippen LogP contribution in [0.1, 0.15) is 56.4 Å². The zero-order valence-electron chi connectivity index (χ0n) is 16.2. The van der Waals surface area contributed by atoms with Crippen molar-refractivity contribution >= 4 is 28.6 Å². The highest BCUT2D eigenvalue weighted by Gasteiger charge is 2.28. The Balaban J connectivity index is 1.78. The van der Waals surface area contributed by atoms with E-state index >= 15 is 0 Å². The number of aromatic nitrogens is 2. The second-order valence-electron chi connectivity index (χ2n) is 6.53. The van der Waals surface area contributed by atoms with Crippen LogP contribution in [0.15, 0.2) is 30.3 Å². The van der Waals surface area contributed by atoms with Crippen LogP contribution in [0.2, 0.25) is 0 Å². The van der Waals surface area contributed by atoms with E-state index in [1.165, 1.54) is 6.92 Å². The van der Waals surface area contributed by atoms with Crippen molar-refractivity contribution in [2.75, 3.05) is 6.61 Å². The van der Waals surface area contributed by atoms with Crippen molar-refractivity contribution in [3.05, 3.63) is 58.5 Å². The number of hydrogen-bond donors (Lipinski definition) is 2. The summed E-state index contributed by atoms with van der Waals surface area (Å²) in [5.41, 5.74) is 2.66. The van der Waals surface area contributed by atoms with Crippen LogP contribution >= 0.6 is 0 Å².